The molecular weight excluding hydrogens is 408 g/mol. The molecule has 33 heavy (non-hydrogen) atoms. The minimum absolute atomic E-state index is 0.897. The fourth-order valence-corrected chi connectivity index (χ4v) is 4.67. The number of hydrogen-bond donors (Lipinski definition) is 1. The van der Waals surface area contributed by atoms with E-state index in [-0.39, 0.29) is 0 Å². The van der Waals surface area contributed by atoms with Crippen LogP contribution in [0.3, 0.4) is 0 Å². The highest BCUT2D eigenvalue weighted by molar-refractivity contribution is 5.99. The van der Waals surface area contributed by atoms with Crippen LogP contribution >= 0.6 is 0 Å². The molecule has 4 aromatic rings. The van der Waals surface area contributed by atoms with Crippen LogP contribution in [-0.4, -0.2) is 58.1 Å². The summed E-state index contributed by atoms with van der Waals surface area (Å²) < 4.78 is 0. The first kappa shape index (κ1) is 19.9. The highest BCUT2D eigenvalue weighted by Gasteiger charge is 2.19. The number of rotatable bonds is 3. The Bertz CT molecular complexity index is 1420. The molecule has 3 aromatic heterocycles. The lowest BCUT2D eigenvalue weighted by molar-refractivity contribution is 0.312. The normalized spacial score (nSPS) is 17.0. The van der Waals surface area contributed by atoms with Crippen LogP contribution in [0.4, 0.5) is 5.82 Å². The van der Waals surface area contributed by atoms with E-state index in [4.69, 9.17) is 4.98 Å². The molecule has 0 saturated carbocycles. The average molecular weight is 435 g/mol. The summed E-state index contributed by atoms with van der Waals surface area (Å²) in [7, 11) is 2.17. The first-order chi connectivity index (χ1) is 16.3. The molecule has 164 valence electrons. The number of likely N-dealkylation sites (N-methyl/N-ethyl adjacent to an activating group) is 1. The van der Waals surface area contributed by atoms with Crippen LogP contribution in [0.15, 0.2) is 73.4 Å². The number of anilines is 1. The Morgan fingerprint density at radius 3 is 2.70 bits per heavy atom. The Hall–Kier alpha value is -3.77. The van der Waals surface area contributed by atoms with Crippen molar-refractivity contribution in [3.63, 3.8) is 0 Å². The molecule has 4 heterocycles. The topological polar surface area (TPSA) is 60.9 Å². The van der Waals surface area contributed by atoms with Gasteiger partial charge in [-0.1, -0.05) is 36.4 Å². The number of fused-ring (bicyclic) bond motifs is 2. The highest BCUT2D eigenvalue weighted by atomic mass is 15.3. The Balaban J connectivity index is 1.44. The number of H-pyrrole nitrogens is 1. The van der Waals surface area contributed by atoms with E-state index in [0.717, 1.165) is 77.0 Å². The van der Waals surface area contributed by atoms with E-state index in [1.807, 2.05) is 6.20 Å². The van der Waals surface area contributed by atoms with Gasteiger partial charge in [-0.2, -0.15) is 0 Å². The molecule has 1 N–H and O–H groups in total. The van der Waals surface area contributed by atoms with Gasteiger partial charge in [-0.15, -0.1) is 0 Å². The molecule has 1 fully saturated rings. The molecule has 1 aliphatic heterocycles. The van der Waals surface area contributed by atoms with Crippen molar-refractivity contribution >= 4 is 33.3 Å². The Morgan fingerprint density at radius 1 is 0.909 bits per heavy atom. The van der Waals surface area contributed by atoms with Crippen molar-refractivity contribution in [2.45, 2.75) is 6.42 Å². The van der Waals surface area contributed by atoms with E-state index in [2.05, 4.69) is 92.6 Å². The summed E-state index contributed by atoms with van der Waals surface area (Å²) in [6, 6.07) is 8.72. The second-order valence-corrected chi connectivity index (χ2v) is 8.72. The molecule has 1 saturated heterocycles. The number of nitrogens with one attached hydrogen (secondary N) is 1. The summed E-state index contributed by atoms with van der Waals surface area (Å²) in [5.74, 6) is 1.02. The van der Waals surface area contributed by atoms with Crippen molar-refractivity contribution in [3.05, 3.63) is 78.9 Å². The minimum atomic E-state index is 0.897. The number of pyridine rings is 1. The summed E-state index contributed by atoms with van der Waals surface area (Å²) >= 11 is 0. The van der Waals surface area contributed by atoms with Crippen molar-refractivity contribution < 1.29 is 0 Å². The maximum atomic E-state index is 4.71. The second-order valence-electron chi connectivity index (χ2n) is 8.72. The second kappa shape index (κ2) is 8.30. The van der Waals surface area contributed by atoms with Gasteiger partial charge in [-0.05, 0) is 42.8 Å². The van der Waals surface area contributed by atoms with Crippen LogP contribution in [0.25, 0.3) is 38.6 Å². The van der Waals surface area contributed by atoms with E-state index in [1.165, 1.54) is 5.57 Å². The van der Waals surface area contributed by atoms with Gasteiger partial charge in [0.15, 0.2) is 0 Å². The minimum Gasteiger partial charge on any atom is -0.353 e. The quantitative estimate of drug-likeness (QED) is 0.501. The number of allylic oxidation sites excluding steroid dienone is 6. The number of piperazine rings is 1. The number of nitrogens with zero attached hydrogens (tertiary/aromatic N) is 5. The highest BCUT2D eigenvalue weighted by Crippen LogP contribution is 2.34. The van der Waals surface area contributed by atoms with Crippen LogP contribution < -0.4 is 4.90 Å². The molecule has 6 heteroatoms. The fraction of sp³-hybridized carbons (Fsp3) is 0.222. The summed E-state index contributed by atoms with van der Waals surface area (Å²) in [5.41, 5.74) is 6.49. The van der Waals surface area contributed by atoms with Gasteiger partial charge in [0.05, 0.1) is 5.52 Å². The molecule has 1 aliphatic carbocycles. The van der Waals surface area contributed by atoms with Crippen molar-refractivity contribution in [2.24, 2.45) is 0 Å². The van der Waals surface area contributed by atoms with Gasteiger partial charge in [-0.3, -0.25) is 0 Å². The largest absolute Gasteiger partial charge is 0.353 e. The van der Waals surface area contributed by atoms with Gasteiger partial charge in [0.1, 0.15) is 17.8 Å². The Labute approximate surface area is 193 Å². The lowest BCUT2D eigenvalue weighted by atomic mass is 10.0. The Morgan fingerprint density at radius 2 is 1.79 bits per heavy atom. The molecule has 6 nitrogen and oxygen atoms in total. The van der Waals surface area contributed by atoms with E-state index < -0.39 is 0 Å². The van der Waals surface area contributed by atoms with E-state index in [0.29, 0.717) is 0 Å². The molecule has 0 amide bonds. The number of hydrogen-bond acceptors (Lipinski definition) is 5. The zero-order valence-electron chi connectivity index (χ0n) is 18.7. The van der Waals surface area contributed by atoms with Crippen LogP contribution in [0, 0.1) is 0 Å². The molecule has 2 aliphatic rings. The molecule has 0 radical (unpaired) electrons. The predicted octanol–water partition coefficient (Wildman–Crippen LogP) is 4.82. The van der Waals surface area contributed by atoms with Gasteiger partial charge in [-0.25, -0.2) is 15.0 Å². The standard InChI is InChI=1S/C27H26N6/c1-32-10-12-33(13-11-32)27-23-14-20(8-9-25(23)30-18-31-27)24-17-29-26-22(24)15-21(16-28-26)19-6-4-2-3-5-7-19/h2-4,6-9,14-18H,5,10-13H2,1H3,(H,28,29). The SMILES string of the molecule is CN1CCN(c2ncnc3ccc(-c4c[nH]c5ncc(C6=CCC=CC=C6)cc45)cc23)CC1. The zero-order chi connectivity index (χ0) is 22.2. The average Bonchev–Trinajstić information content (AvgIpc) is 3.08. The molecule has 6 rings (SSSR count). The maximum Gasteiger partial charge on any atom is 0.139 e. The summed E-state index contributed by atoms with van der Waals surface area (Å²) in [6.07, 6.45) is 17.3. The van der Waals surface area contributed by atoms with Crippen LogP contribution in [0.2, 0.25) is 0 Å². The van der Waals surface area contributed by atoms with E-state index in [1.54, 1.807) is 6.33 Å². The summed E-state index contributed by atoms with van der Waals surface area (Å²) in [6.45, 7) is 4.04. The third-order valence-corrected chi connectivity index (χ3v) is 6.59. The third kappa shape index (κ3) is 3.72. The monoisotopic (exact) mass is 434 g/mol. The number of aromatic nitrogens is 4. The van der Waals surface area contributed by atoms with Gasteiger partial charge in [0.25, 0.3) is 0 Å². The molecule has 0 bridgehead atoms. The van der Waals surface area contributed by atoms with E-state index >= 15 is 0 Å². The fourth-order valence-electron chi connectivity index (χ4n) is 4.67. The summed E-state index contributed by atoms with van der Waals surface area (Å²) in [5, 5.41) is 2.22. The molecule has 0 atom stereocenters. The van der Waals surface area contributed by atoms with Gasteiger partial charge >= 0.3 is 0 Å². The van der Waals surface area contributed by atoms with Crippen LogP contribution in [0.5, 0.6) is 0 Å². The Kier molecular flexibility index (Phi) is 5.00. The molecule has 0 unspecified atom stereocenters. The zero-order valence-corrected chi connectivity index (χ0v) is 18.7. The maximum absolute atomic E-state index is 4.71. The van der Waals surface area contributed by atoms with Crippen LogP contribution in [0.1, 0.15) is 12.0 Å². The number of benzene rings is 1. The molecular formula is C27H26N6. The number of aromatic amines is 1. The van der Waals surface area contributed by atoms with Gasteiger partial charge in [0.2, 0.25) is 0 Å². The van der Waals surface area contributed by atoms with E-state index in [9.17, 15) is 0 Å². The first-order valence-corrected chi connectivity index (χ1v) is 11.5. The van der Waals surface area contributed by atoms with Crippen molar-refractivity contribution in [2.75, 3.05) is 38.1 Å². The molecule has 1 aromatic carbocycles. The predicted molar refractivity (Wildman–Crippen MR) is 135 cm³/mol. The molecule has 0 spiro atoms. The van der Waals surface area contributed by atoms with Crippen LogP contribution in [-0.2, 0) is 0 Å². The van der Waals surface area contributed by atoms with Gasteiger partial charge in [0, 0.05) is 60.5 Å². The summed E-state index contributed by atoms with van der Waals surface area (Å²) in [4.78, 5) is 22.0. The lowest BCUT2D eigenvalue weighted by Gasteiger charge is -2.33. The van der Waals surface area contributed by atoms with Gasteiger partial charge < -0.3 is 14.8 Å². The third-order valence-electron chi connectivity index (χ3n) is 6.59. The smallest absolute Gasteiger partial charge is 0.139 e. The first-order valence-electron chi connectivity index (χ1n) is 11.5. The lowest BCUT2D eigenvalue weighted by Crippen LogP contribution is -2.44. The van der Waals surface area contributed by atoms with Crippen molar-refractivity contribution in [1.82, 2.24) is 24.8 Å². The van der Waals surface area contributed by atoms with Crippen molar-refractivity contribution in [3.8, 4) is 11.1 Å². The van der Waals surface area contributed by atoms with Crippen molar-refractivity contribution in [1.29, 1.82) is 0 Å².